The molecule has 39 heavy (non-hydrogen) atoms. The van der Waals surface area contributed by atoms with E-state index in [2.05, 4.69) is 37.2 Å². The lowest BCUT2D eigenvalue weighted by Crippen LogP contribution is -2.29. The molecule has 1 atom stereocenters. The summed E-state index contributed by atoms with van der Waals surface area (Å²) >= 11 is 0. The molecule has 1 aromatic carbocycles. The van der Waals surface area contributed by atoms with Gasteiger partial charge in [0.2, 0.25) is 0 Å². The standard InChI is InChI=1S/C29H23N9O/c1-18(35-29(39)24-27(30)33-17-38-13-12-32-28(24)38)22-14-23-26(36-25(22)20-6-4-3-5-7-20)21(10-11-31-23)9-8-19-15-34-37(2)16-19/h3-7,10-18H,30H2,1-2H3,(H,35,39)/t18-/m0/s1. The molecule has 3 N–H and O–H groups in total. The summed E-state index contributed by atoms with van der Waals surface area (Å²) in [6, 6.07) is 13.2. The van der Waals surface area contributed by atoms with Crippen molar-refractivity contribution in [2.24, 2.45) is 7.05 Å². The molecule has 190 valence electrons. The second-order valence-electron chi connectivity index (χ2n) is 9.03. The van der Waals surface area contributed by atoms with Crippen LogP contribution in [0.2, 0.25) is 0 Å². The number of carbonyl (C=O) groups excluding carboxylic acids is 1. The van der Waals surface area contributed by atoms with Crippen molar-refractivity contribution in [1.82, 2.24) is 39.4 Å². The number of carbonyl (C=O) groups is 1. The van der Waals surface area contributed by atoms with Crippen molar-refractivity contribution in [3.8, 4) is 23.1 Å². The Morgan fingerprint density at radius 2 is 1.92 bits per heavy atom. The van der Waals surface area contributed by atoms with E-state index in [1.54, 1.807) is 33.9 Å². The smallest absolute Gasteiger partial charge is 0.259 e. The Kier molecular flexibility index (Phi) is 5.93. The van der Waals surface area contributed by atoms with Gasteiger partial charge in [-0.25, -0.2) is 15.0 Å². The summed E-state index contributed by atoms with van der Waals surface area (Å²) in [5, 5.41) is 7.23. The minimum Gasteiger partial charge on any atom is -0.383 e. The highest BCUT2D eigenvalue weighted by Gasteiger charge is 2.22. The molecule has 0 saturated carbocycles. The zero-order chi connectivity index (χ0) is 26.9. The number of nitrogens with two attached hydrogens (primary N) is 1. The number of amides is 1. The van der Waals surface area contributed by atoms with Gasteiger partial charge in [-0.15, -0.1) is 0 Å². The van der Waals surface area contributed by atoms with Crippen molar-refractivity contribution in [2.45, 2.75) is 13.0 Å². The Balaban J connectivity index is 1.44. The molecule has 10 heteroatoms. The number of aromatic nitrogens is 7. The Bertz CT molecular complexity index is 1910. The fourth-order valence-corrected chi connectivity index (χ4v) is 4.44. The Morgan fingerprint density at radius 1 is 1.08 bits per heavy atom. The van der Waals surface area contributed by atoms with Crippen molar-refractivity contribution in [3.05, 3.63) is 102 Å². The summed E-state index contributed by atoms with van der Waals surface area (Å²) < 4.78 is 3.36. The molecule has 1 amide bonds. The monoisotopic (exact) mass is 513 g/mol. The van der Waals surface area contributed by atoms with Crippen LogP contribution in [-0.4, -0.2) is 40.0 Å². The first kappa shape index (κ1) is 23.8. The van der Waals surface area contributed by atoms with E-state index in [-0.39, 0.29) is 17.3 Å². The average Bonchev–Trinajstić information content (AvgIpc) is 3.60. The van der Waals surface area contributed by atoms with Gasteiger partial charge >= 0.3 is 0 Å². The molecule has 0 aliphatic carbocycles. The molecule has 0 spiro atoms. The maximum Gasteiger partial charge on any atom is 0.259 e. The third kappa shape index (κ3) is 4.53. The summed E-state index contributed by atoms with van der Waals surface area (Å²) in [6.45, 7) is 1.90. The predicted octanol–water partition coefficient (Wildman–Crippen LogP) is 3.55. The number of hydrogen-bond donors (Lipinski definition) is 2. The topological polar surface area (TPSA) is 129 Å². The second-order valence-corrected chi connectivity index (χ2v) is 9.03. The van der Waals surface area contributed by atoms with Gasteiger partial charge < -0.3 is 11.1 Å². The van der Waals surface area contributed by atoms with Gasteiger partial charge in [-0.1, -0.05) is 42.2 Å². The molecule has 10 nitrogen and oxygen atoms in total. The van der Waals surface area contributed by atoms with E-state index >= 15 is 0 Å². The number of imidazole rings is 1. The molecule has 0 unspecified atom stereocenters. The van der Waals surface area contributed by atoms with E-state index in [4.69, 9.17) is 10.7 Å². The first-order valence-corrected chi connectivity index (χ1v) is 12.2. The van der Waals surface area contributed by atoms with Crippen molar-refractivity contribution < 1.29 is 4.79 Å². The number of benzene rings is 1. The summed E-state index contributed by atoms with van der Waals surface area (Å²) in [7, 11) is 1.85. The van der Waals surface area contributed by atoms with Crippen molar-refractivity contribution in [2.75, 3.05) is 5.73 Å². The average molecular weight is 514 g/mol. The molecule has 5 heterocycles. The highest BCUT2D eigenvalue weighted by Crippen LogP contribution is 2.31. The fraction of sp³-hybridized carbons (Fsp3) is 0.103. The van der Waals surface area contributed by atoms with E-state index in [0.717, 1.165) is 27.9 Å². The number of nitrogen functional groups attached to an aromatic ring is 1. The number of rotatable bonds is 4. The van der Waals surface area contributed by atoms with Crippen LogP contribution in [0, 0.1) is 11.8 Å². The highest BCUT2D eigenvalue weighted by atomic mass is 16.1. The van der Waals surface area contributed by atoms with Gasteiger partial charge in [-0.05, 0) is 19.1 Å². The number of pyridine rings is 2. The summed E-state index contributed by atoms with van der Waals surface area (Å²) in [4.78, 5) is 31.4. The van der Waals surface area contributed by atoms with E-state index in [1.807, 2.05) is 62.6 Å². The van der Waals surface area contributed by atoms with Crippen molar-refractivity contribution in [3.63, 3.8) is 0 Å². The molecule has 0 aliphatic heterocycles. The van der Waals surface area contributed by atoms with E-state index in [1.165, 1.54) is 6.33 Å². The zero-order valence-electron chi connectivity index (χ0n) is 21.2. The molecule has 0 radical (unpaired) electrons. The first-order chi connectivity index (χ1) is 19.0. The van der Waals surface area contributed by atoms with E-state index in [9.17, 15) is 4.79 Å². The van der Waals surface area contributed by atoms with Crippen LogP contribution in [0.5, 0.6) is 0 Å². The van der Waals surface area contributed by atoms with Gasteiger partial charge in [-0.3, -0.25) is 18.9 Å². The lowest BCUT2D eigenvalue weighted by Gasteiger charge is -2.19. The minimum atomic E-state index is -0.439. The third-order valence-electron chi connectivity index (χ3n) is 6.35. The Hall–Kier alpha value is -5.56. The molecule has 0 saturated heterocycles. The van der Waals surface area contributed by atoms with Gasteiger partial charge in [0, 0.05) is 43.0 Å². The largest absolute Gasteiger partial charge is 0.383 e. The lowest BCUT2D eigenvalue weighted by atomic mass is 9.98. The van der Waals surface area contributed by atoms with Gasteiger partial charge in [-0.2, -0.15) is 5.10 Å². The molecule has 0 bridgehead atoms. The molecule has 0 aliphatic rings. The molecule has 5 aromatic heterocycles. The van der Waals surface area contributed by atoms with Crippen molar-refractivity contribution >= 4 is 28.4 Å². The quantitative estimate of drug-likeness (QED) is 0.345. The summed E-state index contributed by atoms with van der Waals surface area (Å²) in [5.74, 6) is 6.09. The maximum atomic E-state index is 13.4. The Labute approximate surface area is 223 Å². The van der Waals surface area contributed by atoms with Crippen molar-refractivity contribution in [1.29, 1.82) is 0 Å². The number of nitrogens with zero attached hydrogens (tertiary/aromatic N) is 7. The Morgan fingerprint density at radius 3 is 2.72 bits per heavy atom. The van der Waals surface area contributed by atoms with Crippen LogP contribution in [0.15, 0.2) is 79.8 Å². The molecular formula is C29H23N9O. The van der Waals surface area contributed by atoms with Crippen LogP contribution in [0.3, 0.4) is 0 Å². The van der Waals surface area contributed by atoms with Gasteiger partial charge in [0.1, 0.15) is 23.2 Å². The number of hydrogen-bond acceptors (Lipinski definition) is 7. The molecule has 0 fully saturated rings. The lowest BCUT2D eigenvalue weighted by molar-refractivity contribution is 0.0941. The second kappa shape index (κ2) is 9.72. The van der Waals surface area contributed by atoms with Gasteiger partial charge in [0.05, 0.1) is 34.6 Å². The fourth-order valence-electron chi connectivity index (χ4n) is 4.44. The maximum absolute atomic E-state index is 13.4. The van der Waals surface area contributed by atoms with E-state index < -0.39 is 6.04 Å². The molecule has 6 aromatic rings. The predicted molar refractivity (Wildman–Crippen MR) is 147 cm³/mol. The van der Waals surface area contributed by atoms with Crippen LogP contribution in [0.4, 0.5) is 5.82 Å². The highest BCUT2D eigenvalue weighted by molar-refractivity contribution is 6.04. The van der Waals surface area contributed by atoms with Crippen LogP contribution in [0.25, 0.3) is 27.9 Å². The molecular weight excluding hydrogens is 490 g/mol. The number of nitrogens with one attached hydrogen (secondary N) is 1. The minimum absolute atomic E-state index is 0.108. The van der Waals surface area contributed by atoms with E-state index in [0.29, 0.717) is 16.7 Å². The first-order valence-electron chi connectivity index (χ1n) is 12.2. The number of fused-ring (bicyclic) bond motifs is 2. The number of anilines is 1. The van der Waals surface area contributed by atoms with Crippen LogP contribution in [0.1, 0.15) is 40.0 Å². The molecule has 6 rings (SSSR count). The summed E-state index contributed by atoms with van der Waals surface area (Å²) in [6.07, 6.45) is 10.1. The number of aryl methyl sites for hydroxylation is 1. The summed E-state index contributed by atoms with van der Waals surface area (Å²) in [5.41, 5.74) is 12.0. The van der Waals surface area contributed by atoms with Gasteiger partial charge in [0.15, 0.2) is 5.65 Å². The van der Waals surface area contributed by atoms with Crippen LogP contribution >= 0.6 is 0 Å². The van der Waals surface area contributed by atoms with Crippen LogP contribution in [-0.2, 0) is 7.05 Å². The third-order valence-corrected chi connectivity index (χ3v) is 6.35. The normalized spacial score (nSPS) is 11.7. The van der Waals surface area contributed by atoms with Crippen LogP contribution < -0.4 is 11.1 Å². The van der Waals surface area contributed by atoms with Gasteiger partial charge in [0.25, 0.3) is 5.91 Å². The SMILES string of the molecule is C[C@H](NC(=O)c1c(N)ncn2ccnc12)c1cc2nccc(C#Cc3cnn(C)c3)c2nc1-c1ccccc1. The zero-order valence-corrected chi connectivity index (χ0v) is 21.2.